The molecule has 2 atom stereocenters. The zero-order valence-corrected chi connectivity index (χ0v) is 11.6. The number of aliphatic hydroxyl groups is 1. The van der Waals surface area contributed by atoms with E-state index in [9.17, 15) is 9.50 Å². The maximum Gasteiger partial charge on any atom is 0.123 e. The third kappa shape index (κ3) is 2.30. The third-order valence-corrected chi connectivity index (χ3v) is 4.28. The molecule has 21 heavy (non-hydrogen) atoms. The molecule has 0 fully saturated rings. The van der Waals surface area contributed by atoms with E-state index in [1.165, 1.54) is 12.1 Å². The Bertz CT molecular complexity index is 646. The van der Waals surface area contributed by atoms with Gasteiger partial charge in [-0.05, 0) is 30.2 Å². The number of hydrogen-bond donors (Lipinski definition) is 2. The van der Waals surface area contributed by atoms with Crippen LogP contribution >= 0.6 is 0 Å². The van der Waals surface area contributed by atoms with Gasteiger partial charge in [0.25, 0.3) is 0 Å². The Labute approximate surface area is 123 Å². The lowest BCUT2D eigenvalue weighted by atomic mass is 9.69. The molecule has 0 aromatic heterocycles. The van der Waals surface area contributed by atoms with Crippen molar-refractivity contribution in [3.63, 3.8) is 0 Å². The molecule has 3 nitrogen and oxygen atoms in total. The first-order valence-electron chi connectivity index (χ1n) is 7.03. The quantitative estimate of drug-likeness (QED) is 0.912. The van der Waals surface area contributed by atoms with Gasteiger partial charge in [-0.3, -0.25) is 0 Å². The highest BCUT2D eigenvalue weighted by atomic mass is 19.1. The number of fused-ring (bicyclic) bond motifs is 1. The Morgan fingerprint density at radius 3 is 2.81 bits per heavy atom. The monoisotopic (exact) mass is 287 g/mol. The van der Waals surface area contributed by atoms with Gasteiger partial charge >= 0.3 is 0 Å². The van der Waals surface area contributed by atoms with Gasteiger partial charge in [-0.1, -0.05) is 30.3 Å². The number of halogens is 1. The van der Waals surface area contributed by atoms with Gasteiger partial charge in [0.05, 0.1) is 12.7 Å². The molecule has 0 saturated heterocycles. The van der Waals surface area contributed by atoms with Gasteiger partial charge in [0.1, 0.15) is 11.6 Å². The summed E-state index contributed by atoms with van der Waals surface area (Å²) < 4.78 is 19.1. The van der Waals surface area contributed by atoms with Gasteiger partial charge in [-0.25, -0.2) is 4.39 Å². The fraction of sp³-hybridized carbons (Fsp3) is 0.294. The van der Waals surface area contributed by atoms with E-state index in [0.29, 0.717) is 18.6 Å². The topological polar surface area (TPSA) is 55.5 Å². The summed E-state index contributed by atoms with van der Waals surface area (Å²) >= 11 is 0. The number of nitrogens with two attached hydrogens (primary N) is 1. The number of para-hydroxylation sites is 1. The van der Waals surface area contributed by atoms with Crippen LogP contribution in [0.4, 0.5) is 4.39 Å². The Kier molecular flexibility index (Phi) is 3.66. The molecule has 2 aromatic rings. The van der Waals surface area contributed by atoms with Gasteiger partial charge in [-0.15, -0.1) is 0 Å². The van der Waals surface area contributed by atoms with Crippen molar-refractivity contribution in [1.82, 2.24) is 0 Å². The van der Waals surface area contributed by atoms with E-state index in [1.807, 2.05) is 24.3 Å². The highest BCUT2D eigenvalue weighted by molar-refractivity contribution is 5.44. The van der Waals surface area contributed by atoms with Crippen LogP contribution in [0.5, 0.6) is 5.75 Å². The zero-order valence-electron chi connectivity index (χ0n) is 11.6. The first kappa shape index (κ1) is 14.0. The molecule has 1 heterocycles. The molecule has 0 spiro atoms. The van der Waals surface area contributed by atoms with Crippen LogP contribution in [0.25, 0.3) is 0 Å². The molecular formula is C17H18FNO2. The summed E-state index contributed by atoms with van der Waals surface area (Å²) in [6, 6.07) is 13.6. The maximum atomic E-state index is 13.5. The molecule has 0 bridgehead atoms. The van der Waals surface area contributed by atoms with Crippen molar-refractivity contribution >= 4 is 0 Å². The largest absolute Gasteiger partial charge is 0.493 e. The summed E-state index contributed by atoms with van der Waals surface area (Å²) in [5.41, 5.74) is 6.79. The number of ether oxygens (including phenoxy) is 1. The van der Waals surface area contributed by atoms with Crippen molar-refractivity contribution in [3.8, 4) is 5.75 Å². The van der Waals surface area contributed by atoms with Crippen molar-refractivity contribution in [1.29, 1.82) is 0 Å². The normalized spacial score (nSPS) is 22.2. The van der Waals surface area contributed by atoms with E-state index in [0.717, 1.165) is 11.3 Å². The van der Waals surface area contributed by atoms with Crippen molar-refractivity contribution < 1.29 is 14.2 Å². The average molecular weight is 287 g/mol. The van der Waals surface area contributed by atoms with Crippen LogP contribution in [0.2, 0.25) is 0 Å². The average Bonchev–Trinajstić information content (AvgIpc) is 2.53. The van der Waals surface area contributed by atoms with Crippen molar-refractivity contribution in [2.45, 2.75) is 17.9 Å². The Balaban J connectivity index is 2.09. The lowest BCUT2D eigenvalue weighted by Gasteiger charge is -2.41. The lowest BCUT2D eigenvalue weighted by molar-refractivity contribution is 0.0533. The summed E-state index contributed by atoms with van der Waals surface area (Å²) in [4.78, 5) is 0. The Morgan fingerprint density at radius 2 is 2.05 bits per heavy atom. The second kappa shape index (κ2) is 5.47. The predicted octanol–water partition coefficient (Wildman–Crippen LogP) is 2.54. The van der Waals surface area contributed by atoms with E-state index in [4.69, 9.17) is 10.5 Å². The summed E-state index contributed by atoms with van der Waals surface area (Å²) in [7, 11) is 0. The molecule has 3 N–H and O–H groups in total. The molecule has 2 aromatic carbocycles. The predicted molar refractivity (Wildman–Crippen MR) is 78.6 cm³/mol. The van der Waals surface area contributed by atoms with Crippen LogP contribution in [-0.4, -0.2) is 18.3 Å². The SMILES string of the molecule is NCC1(C(O)c2cccc(F)c2)CCOc2ccccc21. The summed E-state index contributed by atoms with van der Waals surface area (Å²) in [5.74, 6) is 0.378. The highest BCUT2D eigenvalue weighted by Crippen LogP contribution is 2.46. The molecule has 2 unspecified atom stereocenters. The molecule has 1 aliphatic heterocycles. The summed E-state index contributed by atoms with van der Waals surface area (Å²) in [6.45, 7) is 0.756. The van der Waals surface area contributed by atoms with Crippen molar-refractivity contribution in [3.05, 3.63) is 65.5 Å². The van der Waals surface area contributed by atoms with Gasteiger partial charge in [0.2, 0.25) is 0 Å². The molecule has 0 radical (unpaired) electrons. The van der Waals surface area contributed by atoms with E-state index in [1.54, 1.807) is 12.1 Å². The smallest absolute Gasteiger partial charge is 0.123 e. The zero-order chi connectivity index (χ0) is 14.9. The summed E-state index contributed by atoms with van der Waals surface area (Å²) in [5, 5.41) is 10.9. The standard InChI is InChI=1S/C17H18FNO2/c18-13-5-3-4-12(10-13)16(20)17(11-19)8-9-21-15-7-2-1-6-14(15)17/h1-7,10,16,20H,8-9,11,19H2. The number of aliphatic hydroxyl groups excluding tert-OH is 1. The molecule has 4 heteroatoms. The van der Waals surface area contributed by atoms with E-state index < -0.39 is 11.5 Å². The molecular weight excluding hydrogens is 269 g/mol. The van der Waals surface area contributed by atoms with Crippen molar-refractivity contribution in [2.24, 2.45) is 5.73 Å². The van der Waals surface area contributed by atoms with Crippen LogP contribution in [0.3, 0.4) is 0 Å². The maximum absolute atomic E-state index is 13.5. The van der Waals surface area contributed by atoms with Crippen molar-refractivity contribution in [2.75, 3.05) is 13.2 Å². The van der Waals surface area contributed by atoms with Crippen LogP contribution in [0, 0.1) is 5.82 Å². The second-order valence-electron chi connectivity index (χ2n) is 5.41. The van der Waals surface area contributed by atoms with E-state index >= 15 is 0 Å². The molecule has 0 aliphatic carbocycles. The fourth-order valence-electron chi connectivity index (χ4n) is 3.08. The molecule has 0 saturated carbocycles. The first-order valence-corrected chi connectivity index (χ1v) is 7.03. The van der Waals surface area contributed by atoms with Gasteiger partial charge < -0.3 is 15.6 Å². The second-order valence-corrected chi connectivity index (χ2v) is 5.41. The Morgan fingerprint density at radius 1 is 1.24 bits per heavy atom. The minimum atomic E-state index is -0.872. The molecule has 110 valence electrons. The molecule has 1 aliphatic rings. The Hall–Kier alpha value is -1.91. The van der Waals surface area contributed by atoms with Crippen LogP contribution in [-0.2, 0) is 5.41 Å². The van der Waals surface area contributed by atoms with Crippen LogP contribution in [0.15, 0.2) is 48.5 Å². The van der Waals surface area contributed by atoms with Gasteiger partial charge in [0, 0.05) is 17.5 Å². The van der Waals surface area contributed by atoms with E-state index in [-0.39, 0.29) is 12.4 Å². The van der Waals surface area contributed by atoms with Gasteiger partial charge in [-0.2, -0.15) is 0 Å². The van der Waals surface area contributed by atoms with Gasteiger partial charge in [0.15, 0.2) is 0 Å². The fourth-order valence-corrected chi connectivity index (χ4v) is 3.08. The number of hydrogen-bond acceptors (Lipinski definition) is 3. The van der Waals surface area contributed by atoms with E-state index in [2.05, 4.69) is 0 Å². The number of rotatable bonds is 3. The minimum absolute atomic E-state index is 0.269. The lowest BCUT2D eigenvalue weighted by Crippen LogP contribution is -2.44. The first-order chi connectivity index (χ1) is 10.2. The molecule has 3 rings (SSSR count). The summed E-state index contributed by atoms with van der Waals surface area (Å²) in [6.07, 6.45) is -0.277. The third-order valence-electron chi connectivity index (χ3n) is 4.28. The minimum Gasteiger partial charge on any atom is -0.493 e. The number of benzene rings is 2. The van der Waals surface area contributed by atoms with Crippen LogP contribution < -0.4 is 10.5 Å². The van der Waals surface area contributed by atoms with Crippen LogP contribution in [0.1, 0.15) is 23.7 Å². The molecule has 0 amide bonds. The highest BCUT2D eigenvalue weighted by Gasteiger charge is 2.43.